The molecule has 1 aliphatic heterocycles. The molecule has 1 aromatic carbocycles. The van der Waals surface area contributed by atoms with E-state index in [1.54, 1.807) is 0 Å². The molecule has 2 rings (SSSR count). The van der Waals surface area contributed by atoms with Gasteiger partial charge < -0.3 is 9.64 Å². The Labute approximate surface area is 155 Å². The molecule has 0 bridgehead atoms. The van der Waals surface area contributed by atoms with Crippen LogP contribution in [-0.2, 0) is 29.0 Å². The van der Waals surface area contributed by atoms with Crippen LogP contribution in [0, 0.1) is 5.82 Å². The number of halogens is 2. The van der Waals surface area contributed by atoms with Gasteiger partial charge in [-0.05, 0) is 31.5 Å². The van der Waals surface area contributed by atoms with Crippen LogP contribution in [0.5, 0.6) is 0 Å². The zero-order valence-electron chi connectivity index (χ0n) is 14.1. The fourth-order valence-electron chi connectivity index (χ4n) is 2.86. The Hall–Kier alpha value is -2.00. The lowest BCUT2D eigenvalue weighted by Crippen LogP contribution is -2.41. The second-order valence-electron chi connectivity index (χ2n) is 5.94. The van der Waals surface area contributed by atoms with Gasteiger partial charge in [0.25, 0.3) is 0 Å². The number of benzene rings is 1. The van der Waals surface area contributed by atoms with Crippen molar-refractivity contribution in [3.8, 4) is 0 Å². The van der Waals surface area contributed by atoms with E-state index in [2.05, 4.69) is 4.74 Å². The van der Waals surface area contributed by atoms with Gasteiger partial charge in [-0.25, -0.2) is 17.6 Å². The van der Waals surface area contributed by atoms with E-state index in [1.807, 2.05) is 0 Å². The van der Waals surface area contributed by atoms with E-state index < -0.39 is 51.0 Å². The molecule has 0 saturated carbocycles. The van der Waals surface area contributed by atoms with Gasteiger partial charge in [0.2, 0.25) is 5.91 Å². The van der Waals surface area contributed by atoms with Crippen molar-refractivity contribution in [3.63, 3.8) is 0 Å². The van der Waals surface area contributed by atoms with Gasteiger partial charge in [-0.3, -0.25) is 9.59 Å². The maximum absolute atomic E-state index is 13.2. The summed E-state index contributed by atoms with van der Waals surface area (Å²) in [5, 5.41) is -1.42. The normalized spacial score (nSPS) is 20.1. The van der Waals surface area contributed by atoms with Crippen LogP contribution in [0.3, 0.4) is 0 Å². The molecule has 1 aliphatic rings. The number of carbonyl (C=O) groups is 3. The van der Waals surface area contributed by atoms with Crippen LogP contribution in [0.15, 0.2) is 23.1 Å². The number of Topliss-reactive ketones (excluding diaryl/α,β-unsaturated/α-hetero) is 1. The molecular weight excluding hydrogens is 389 g/mol. The van der Waals surface area contributed by atoms with Crippen LogP contribution in [0.2, 0.25) is 5.02 Å². The molecule has 1 amide bonds. The Kier molecular flexibility index (Phi) is 6.02. The third-order valence-corrected chi connectivity index (χ3v) is 6.71. The molecule has 7 nitrogen and oxygen atoms in total. The Morgan fingerprint density at radius 3 is 2.54 bits per heavy atom. The number of hydrogen-bond acceptors (Lipinski definition) is 6. The van der Waals surface area contributed by atoms with Crippen LogP contribution in [-0.4, -0.2) is 55.9 Å². The zero-order valence-corrected chi connectivity index (χ0v) is 15.6. The molecule has 0 radical (unpaired) electrons. The minimum Gasteiger partial charge on any atom is -0.467 e. The molecule has 0 N–H and O–H groups in total. The molecule has 0 spiro atoms. The van der Waals surface area contributed by atoms with Crippen molar-refractivity contribution in [2.75, 3.05) is 13.7 Å². The first-order valence-electron chi connectivity index (χ1n) is 7.63. The number of ether oxygens (including phenoxy) is 1. The highest BCUT2D eigenvalue weighted by Gasteiger charge is 2.46. The van der Waals surface area contributed by atoms with Crippen LogP contribution in [0.4, 0.5) is 4.39 Å². The maximum Gasteiger partial charge on any atom is 0.328 e. The van der Waals surface area contributed by atoms with Crippen molar-refractivity contribution in [1.82, 2.24) is 4.90 Å². The lowest BCUT2D eigenvalue weighted by atomic mass is 10.2. The van der Waals surface area contributed by atoms with E-state index in [0.29, 0.717) is 0 Å². The van der Waals surface area contributed by atoms with Gasteiger partial charge in [0.15, 0.2) is 9.84 Å². The first kappa shape index (κ1) is 20.3. The quantitative estimate of drug-likeness (QED) is 0.417. The molecule has 26 heavy (non-hydrogen) atoms. The van der Waals surface area contributed by atoms with E-state index in [-0.39, 0.29) is 22.9 Å². The molecule has 142 valence electrons. The van der Waals surface area contributed by atoms with Gasteiger partial charge >= 0.3 is 5.97 Å². The number of carbonyl (C=O) groups excluding carboxylic acids is 3. The van der Waals surface area contributed by atoms with E-state index in [9.17, 15) is 27.2 Å². The van der Waals surface area contributed by atoms with Gasteiger partial charge in [0.05, 0.1) is 28.7 Å². The van der Waals surface area contributed by atoms with Gasteiger partial charge in [-0.1, -0.05) is 11.6 Å². The Morgan fingerprint density at radius 1 is 1.35 bits per heavy atom. The number of sulfone groups is 1. The predicted molar refractivity (Wildman–Crippen MR) is 89.8 cm³/mol. The molecule has 2 atom stereocenters. The van der Waals surface area contributed by atoms with Gasteiger partial charge in [-0.2, -0.15) is 0 Å². The average molecular weight is 406 g/mol. The monoisotopic (exact) mass is 405 g/mol. The smallest absolute Gasteiger partial charge is 0.328 e. The molecule has 1 fully saturated rings. The summed E-state index contributed by atoms with van der Waals surface area (Å²) in [6, 6.07) is 1.76. The first-order chi connectivity index (χ1) is 12.1. The van der Waals surface area contributed by atoms with Crippen LogP contribution in [0.25, 0.3) is 0 Å². The van der Waals surface area contributed by atoms with Crippen LogP contribution < -0.4 is 0 Å². The highest BCUT2D eigenvalue weighted by atomic mass is 35.5. The summed E-state index contributed by atoms with van der Waals surface area (Å²) < 4.78 is 43.5. The van der Waals surface area contributed by atoms with E-state index in [1.165, 1.54) is 6.92 Å². The summed E-state index contributed by atoms with van der Waals surface area (Å²) >= 11 is 5.85. The molecule has 0 aromatic heterocycles. The van der Waals surface area contributed by atoms with Crippen molar-refractivity contribution in [2.45, 2.75) is 36.0 Å². The molecular formula is C16H17ClFNO6S. The number of likely N-dealkylation sites (tertiary alicyclic amines) is 1. The fraction of sp³-hybridized carbons (Fsp3) is 0.438. The number of rotatable bonds is 5. The Morgan fingerprint density at radius 2 is 2.00 bits per heavy atom. The molecule has 1 saturated heterocycles. The summed E-state index contributed by atoms with van der Waals surface area (Å²) in [6.45, 7) is 0.926. The summed E-state index contributed by atoms with van der Waals surface area (Å²) in [5.41, 5.74) is 0. The maximum atomic E-state index is 13.2. The molecule has 1 aromatic rings. The summed E-state index contributed by atoms with van der Waals surface area (Å²) in [5.74, 6) is -2.53. The highest BCUT2D eigenvalue weighted by molar-refractivity contribution is 7.92. The van der Waals surface area contributed by atoms with Gasteiger partial charge in [0.1, 0.15) is 17.6 Å². The highest BCUT2D eigenvalue weighted by Crippen LogP contribution is 2.32. The number of ketones is 1. The number of methoxy groups -OCH3 is 1. The largest absolute Gasteiger partial charge is 0.467 e. The third-order valence-electron chi connectivity index (χ3n) is 4.10. The van der Waals surface area contributed by atoms with Crippen LogP contribution in [0.1, 0.15) is 19.8 Å². The van der Waals surface area contributed by atoms with Gasteiger partial charge in [-0.15, -0.1) is 0 Å². The second kappa shape index (κ2) is 7.71. The summed E-state index contributed by atoms with van der Waals surface area (Å²) in [7, 11) is -2.92. The predicted octanol–water partition coefficient (Wildman–Crippen LogP) is 1.37. The number of amides is 1. The summed E-state index contributed by atoms with van der Waals surface area (Å²) in [4.78, 5) is 36.1. The molecule has 0 aliphatic carbocycles. The topological polar surface area (TPSA) is 97.8 Å². The fourth-order valence-corrected chi connectivity index (χ4v) is 5.09. The van der Waals surface area contributed by atoms with Crippen LogP contribution >= 0.6 is 11.6 Å². The lowest BCUT2D eigenvalue weighted by Gasteiger charge is -2.22. The van der Waals surface area contributed by atoms with E-state index in [0.717, 1.165) is 30.2 Å². The van der Waals surface area contributed by atoms with Crippen molar-refractivity contribution < 1.29 is 31.9 Å². The first-order valence-corrected chi connectivity index (χ1v) is 9.56. The van der Waals surface area contributed by atoms with E-state index >= 15 is 0 Å². The van der Waals surface area contributed by atoms with Crippen molar-refractivity contribution >= 4 is 39.1 Å². The Bertz CT molecular complexity index is 856. The Balaban J connectivity index is 2.36. The summed E-state index contributed by atoms with van der Waals surface area (Å²) in [6.07, 6.45) is -0.649. The van der Waals surface area contributed by atoms with Crippen molar-refractivity contribution in [3.05, 3.63) is 29.0 Å². The molecule has 10 heteroatoms. The average Bonchev–Trinajstić information content (AvgIpc) is 2.99. The van der Waals surface area contributed by atoms with Gasteiger partial charge in [0, 0.05) is 6.54 Å². The van der Waals surface area contributed by atoms with E-state index in [4.69, 9.17) is 11.6 Å². The number of nitrogens with zero attached hydrogens (tertiary/aromatic N) is 1. The van der Waals surface area contributed by atoms with Crippen molar-refractivity contribution in [1.29, 1.82) is 0 Å². The minimum atomic E-state index is -4.04. The van der Waals surface area contributed by atoms with Crippen molar-refractivity contribution in [2.24, 2.45) is 0 Å². The minimum absolute atomic E-state index is 0.202. The standard InChI is InChI=1S/C16H17ClFNO6S/c1-9(20)5-15(21)19-8-11(7-13(19)16(22)25-2)26(23,24)14-4-3-10(18)6-12(14)17/h3-4,6,11,13H,5,7-8H2,1-2H3/t11-,13+/m1/s1. The SMILES string of the molecule is COC(=O)[C@@H]1C[C@@H](S(=O)(=O)c2ccc(F)cc2Cl)CN1C(=O)CC(C)=O. The number of hydrogen-bond donors (Lipinski definition) is 0. The lowest BCUT2D eigenvalue weighted by molar-refractivity contribution is -0.151. The zero-order chi connectivity index (χ0) is 19.6. The second-order valence-corrected chi connectivity index (χ2v) is 8.55. The molecule has 0 unspecified atom stereocenters. The third kappa shape index (κ3) is 4.04. The number of esters is 1. The molecule has 1 heterocycles.